The number of allylic oxidation sites excluding steroid dienone is 1. The van der Waals surface area contributed by atoms with E-state index in [0.717, 1.165) is 11.4 Å². The Morgan fingerprint density at radius 2 is 2.07 bits per heavy atom. The third-order valence-electron chi connectivity index (χ3n) is 2.66. The summed E-state index contributed by atoms with van der Waals surface area (Å²) in [4.78, 5) is 8.91. The minimum atomic E-state index is 0.197. The molecule has 0 spiro atoms. The third-order valence-corrected chi connectivity index (χ3v) is 2.66. The van der Waals surface area contributed by atoms with Crippen LogP contribution in [0.15, 0.2) is 40.3 Å². The molecule has 0 saturated heterocycles. The monoisotopic (exact) mass is 182 g/mol. The molecule has 0 saturated carbocycles. The number of rotatable bonds is 0. The van der Waals surface area contributed by atoms with E-state index in [1.54, 1.807) is 0 Å². The van der Waals surface area contributed by atoms with Crippen LogP contribution in [0.1, 0.15) is 12.5 Å². The van der Waals surface area contributed by atoms with Gasteiger partial charge in [0.2, 0.25) is 0 Å². The van der Waals surface area contributed by atoms with Crippen molar-refractivity contribution < 1.29 is 0 Å². The number of dihydropyridines is 1. The molecule has 0 radical (unpaired) electrons. The first-order valence-corrected chi connectivity index (χ1v) is 4.78. The molecule has 0 bridgehead atoms. The Kier molecular flexibility index (Phi) is 1.45. The van der Waals surface area contributed by atoms with Gasteiger partial charge in [0.15, 0.2) is 0 Å². The van der Waals surface area contributed by atoms with Gasteiger partial charge in [0.05, 0.1) is 17.4 Å². The van der Waals surface area contributed by atoms with E-state index >= 15 is 0 Å². The largest absolute Gasteiger partial charge is 0.284 e. The molecule has 14 heavy (non-hydrogen) atoms. The third kappa shape index (κ3) is 0.909. The number of fused-ring (bicyclic) bond motifs is 3. The molecule has 1 aromatic carbocycles. The van der Waals surface area contributed by atoms with Crippen molar-refractivity contribution >= 4 is 23.2 Å². The van der Waals surface area contributed by atoms with E-state index < -0.39 is 0 Å². The molecule has 2 heteroatoms. The van der Waals surface area contributed by atoms with Crippen molar-refractivity contribution in [3.05, 3.63) is 35.9 Å². The maximum atomic E-state index is 4.59. The Hall–Kier alpha value is -1.70. The molecule has 2 aliphatic rings. The first-order chi connectivity index (χ1) is 6.86. The van der Waals surface area contributed by atoms with Crippen molar-refractivity contribution in [1.29, 1.82) is 0 Å². The van der Waals surface area contributed by atoms with Crippen molar-refractivity contribution in [1.82, 2.24) is 0 Å². The molecular weight excluding hydrogens is 172 g/mol. The van der Waals surface area contributed by atoms with Crippen LogP contribution in [-0.4, -0.2) is 18.0 Å². The maximum Gasteiger partial charge on any atom is 0.0898 e. The highest BCUT2D eigenvalue weighted by atomic mass is 14.9. The van der Waals surface area contributed by atoms with Crippen LogP contribution in [0.2, 0.25) is 0 Å². The van der Waals surface area contributed by atoms with Gasteiger partial charge in [-0.1, -0.05) is 18.2 Å². The fourth-order valence-corrected chi connectivity index (χ4v) is 1.94. The molecular formula is C12H10N2. The Morgan fingerprint density at radius 3 is 3.00 bits per heavy atom. The van der Waals surface area contributed by atoms with Crippen LogP contribution in [0.25, 0.3) is 5.57 Å². The van der Waals surface area contributed by atoms with E-state index in [0.29, 0.717) is 0 Å². The zero-order valence-electron chi connectivity index (χ0n) is 7.94. The summed E-state index contributed by atoms with van der Waals surface area (Å²) in [6, 6.07) is 8.43. The quantitative estimate of drug-likeness (QED) is 0.589. The molecule has 3 rings (SSSR count). The normalized spacial score (nSPS) is 22.5. The Balaban J connectivity index is 2.24. The van der Waals surface area contributed by atoms with Gasteiger partial charge in [0, 0.05) is 17.4 Å². The van der Waals surface area contributed by atoms with Gasteiger partial charge >= 0.3 is 0 Å². The highest BCUT2D eigenvalue weighted by molar-refractivity contribution is 6.34. The molecule has 1 atom stereocenters. The average Bonchev–Trinajstić information content (AvgIpc) is 2.59. The van der Waals surface area contributed by atoms with Crippen LogP contribution in [0.4, 0.5) is 5.69 Å². The van der Waals surface area contributed by atoms with E-state index in [4.69, 9.17) is 0 Å². The van der Waals surface area contributed by atoms with Crippen molar-refractivity contribution in [2.75, 3.05) is 0 Å². The molecule has 0 aliphatic carbocycles. The van der Waals surface area contributed by atoms with Crippen LogP contribution in [0.5, 0.6) is 0 Å². The summed E-state index contributed by atoms with van der Waals surface area (Å²) in [5.74, 6) is 0. The predicted molar refractivity (Wildman–Crippen MR) is 59.5 cm³/mol. The first-order valence-electron chi connectivity index (χ1n) is 4.78. The van der Waals surface area contributed by atoms with Crippen molar-refractivity contribution in [3.8, 4) is 0 Å². The lowest BCUT2D eigenvalue weighted by atomic mass is 9.97. The van der Waals surface area contributed by atoms with Gasteiger partial charge < -0.3 is 0 Å². The van der Waals surface area contributed by atoms with Crippen LogP contribution in [0, 0.1) is 0 Å². The van der Waals surface area contributed by atoms with Gasteiger partial charge in [0.25, 0.3) is 0 Å². The van der Waals surface area contributed by atoms with Crippen LogP contribution in [0.3, 0.4) is 0 Å². The molecule has 2 nitrogen and oxygen atoms in total. The summed E-state index contributed by atoms with van der Waals surface area (Å²) >= 11 is 0. The van der Waals surface area contributed by atoms with E-state index in [2.05, 4.69) is 29.0 Å². The number of hydrogen-bond donors (Lipinski definition) is 0. The molecule has 2 aliphatic heterocycles. The van der Waals surface area contributed by atoms with Gasteiger partial charge in [-0.15, -0.1) is 0 Å². The van der Waals surface area contributed by atoms with Crippen molar-refractivity contribution in [2.45, 2.75) is 13.0 Å². The Labute approximate surface area is 82.7 Å². The molecule has 0 amide bonds. The summed E-state index contributed by atoms with van der Waals surface area (Å²) in [7, 11) is 0. The Bertz CT molecular complexity index is 481. The first kappa shape index (κ1) is 7.68. The number of para-hydroxylation sites is 1. The van der Waals surface area contributed by atoms with E-state index in [1.165, 1.54) is 11.1 Å². The van der Waals surface area contributed by atoms with Crippen LogP contribution in [-0.2, 0) is 0 Å². The topological polar surface area (TPSA) is 24.7 Å². The molecule has 2 heterocycles. The fraction of sp³-hybridized carbons (Fsp3) is 0.167. The number of aliphatic imine (C=N–C) groups is 2. The molecule has 0 fully saturated rings. The fourth-order valence-electron chi connectivity index (χ4n) is 1.94. The van der Waals surface area contributed by atoms with Gasteiger partial charge in [-0.3, -0.25) is 4.99 Å². The van der Waals surface area contributed by atoms with E-state index in [1.807, 2.05) is 24.4 Å². The minimum Gasteiger partial charge on any atom is -0.284 e. The highest BCUT2D eigenvalue weighted by Crippen LogP contribution is 2.36. The summed E-state index contributed by atoms with van der Waals surface area (Å²) < 4.78 is 0. The molecule has 0 aromatic heterocycles. The average molecular weight is 182 g/mol. The minimum absolute atomic E-state index is 0.197. The van der Waals surface area contributed by atoms with E-state index in [-0.39, 0.29) is 6.04 Å². The number of hydrogen-bond acceptors (Lipinski definition) is 2. The predicted octanol–water partition coefficient (Wildman–Crippen LogP) is 2.63. The Morgan fingerprint density at radius 1 is 1.21 bits per heavy atom. The highest BCUT2D eigenvalue weighted by Gasteiger charge is 2.25. The second-order valence-corrected chi connectivity index (χ2v) is 3.57. The number of nitrogens with zero attached hydrogens (tertiary/aromatic N) is 2. The van der Waals surface area contributed by atoms with E-state index in [9.17, 15) is 0 Å². The maximum absolute atomic E-state index is 4.59. The lowest BCUT2D eigenvalue weighted by Gasteiger charge is -2.11. The van der Waals surface area contributed by atoms with Crippen molar-refractivity contribution in [2.24, 2.45) is 9.98 Å². The number of benzene rings is 1. The smallest absolute Gasteiger partial charge is 0.0898 e. The lowest BCUT2D eigenvalue weighted by Crippen LogP contribution is -2.17. The van der Waals surface area contributed by atoms with Gasteiger partial charge in [0.1, 0.15) is 0 Å². The second kappa shape index (κ2) is 2.64. The summed E-state index contributed by atoms with van der Waals surface area (Å²) in [6.07, 6.45) is 3.92. The van der Waals surface area contributed by atoms with Crippen molar-refractivity contribution in [3.63, 3.8) is 0 Å². The lowest BCUT2D eigenvalue weighted by molar-refractivity contribution is 0.986. The second-order valence-electron chi connectivity index (χ2n) is 3.57. The standard InChI is InChI=1S/C12H10N2/c1-8-12-10(6-7-13-8)9-4-2-3-5-11(9)14-12/h2-8H,1H3. The summed E-state index contributed by atoms with van der Waals surface area (Å²) in [5.41, 5.74) is 4.66. The molecule has 1 unspecified atom stereocenters. The van der Waals surface area contributed by atoms with Gasteiger partial charge in [-0.25, -0.2) is 4.99 Å². The summed E-state index contributed by atoms with van der Waals surface area (Å²) in [5, 5.41) is 0. The zero-order chi connectivity index (χ0) is 9.54. The molecule has 0 N–H and O–H groups in total. The van der Waals surface area contributed by atoms with Gasteiger partial charge in [-0.05, 0) is 19.1 Å². The SMILES string of the molecule is CC1N=CC=C2C1=Nc1ccccc12. The van der Waals surface area contributed by atoms with Crippen LogP contribution < -0.4 is 0 Å². The molecule has 68 valence electrons. The summed E-state index contributed by atoms with van der Waals surface area (Å²) in [6.45, 7) is 2.08. The molecule has 1 aromatic rings. The van der Waals surface area contributed by atoms with Gasteiger partial charge in [-0.2, -0.15) is 0 Å². The zero-order valence-corrected chi connectivity index (χ0v) is 7.94. The van der Waals surface area contributed by atoms with Crippen LogP contribution >= 0.6 is 0 Å².